The number of nitrogens with one attached hydrogen (secondary N) is 1. The Balaban J connectivity index is 1.43. The topological polar surface area (TPSA) is 80.9 Å². The van der Waals surface area contributed by atoms with Gasteiger partial charge in [-0.3, -0.25) is 19.1 Å². The van der Waals surface area contributed by atoms with Gasteiger partial charge in [0.1, 0.15) is 5.52 Å². The van der Waals surface area contributed by atoms with Gasteiger partial charge < -0.3 is 14.5 Å². The molecule has 1 aliphatic rings. The highest BCUT2D eigenvalue weighted by atomic mass is 16.5. The maximum atomic E-state index is 12.8. The van der Waals surface area contributed by atoms with Crippen molar-refractivity contribution in [1.82, 2.24) is 24.2 Å². The normalized spacial score (nSPS) is 15.4. The molecule has 4 rings (SSSR count). The smallest absolute Gasteiger partial charge is 0.276 e. The molecule has 0 aliphatic carbocycles. The molecule has 0 saturated carbocycles. The van der Waals surface area contributed by atoms with E-state index >= 15 is 0 Å². The summed E-state index contributed by atoms with van der Waals surface area (Å²) in [7, 11) is 0. The summed E-state index contributed by atoms with van der Waals surface area (Å²) in [5.74, 6) is -0.0607. The van der Waals surface area contributed by atoms with Gasteiger partial charge in [-0.05, 0) is 24.3 Å². The number of carbonyl (C=O) groups is 1. The van der Waals surface area contributed by atoms with Crippen molar-refractivity contribution < 1.29 is 9.53 Å². The Hall–Kier alpha value is -2.71. The fraction of sp³-hybridized carbons (Fsp3) is 0.421. The monoisotopic (exact) mass is 369 g/mol. The Kier molecular flexibility index (Phi) is 5.17. The van der Waals surface area contributed by atoms with Gasteiger partial charge in [0.05, 0.1) is 18.7 Å². The Morgan fingerprint density at radius 3 is 2.81 bits per heavy atom. The number of morpholine rings is 1. The number of ether oxygens (including phenoxy) is 1. The van der Waals surface area contributed by atoms with Gasteiger partial charge >= 0.3 is 0 Å². The molecule has 0 spiro atoms. The first-order valence-electron chi connectivity index (χ1n) is 9.25. The maximum absolute atomic E-state index is 12.8. The molecule has 0 radical (unpaired) electrons. The zero-order valence-corrected chi connectivity index (χ0v) is 15.1. The van der Waals surface area contributed by atoms with Crippen molar-refractivity contribution in [2.75, 3.05) is 39.4 Å². The lowest BCUT2D eigenvalue weighted by atomic mass is 10.3. The van der Waals surface area contributed by atoms with Gasteiger partial charge in [0.2, 0.25) is 5.91 Å². The van der Waals surface area contributed by atoms with Gasteiger partial charge in [0.25, 0.3) is 5.56 Å². The first-order valence-corrected chi connectivity index (χ1v) is 9.25. The number of carbonyl (C=O) groups excluding carboxylic acids is 1. The van der Waals surface area contributed by atoms with Crippen LogP contribution in [0.4, 0.5) is 0 Å². The molecule has 4 heterocycles. The van der Waals surface area contributed by atoms with Gasteiger partial charge in [-0.15, -0.1) is 0 Å². The molecule has 142 valence electrons. The van der Waals surface area contributed by atoms with Crippen molar-refractivity contribution >= 4 is 22.6 Å². The fourth-order valence-electron chi connectivity index (χ4n) is 3.47. The van der Waals surface area contributed by atoms with Crippen LogP contribution in [0, 0.1) is 0 Å². The van der Waals surface area contributed by atoms with Crippen LogP contribution in [0.1, 0.15) is 6.42 Å². The molecule has 0 atom stereocenters. The van der Waals surface area contributed by atoms with E-state index in [1.54, 1.807) is 16.8 Å². The molecule has 3 aromatic rings. The minimum Gasteiger partial charge on any atom is -0.379 e. The summed E-state index contributed by atoms with van der Waals surface area (Å²) < 4.78 is 8.74. The van der Waals surface area contributed by atoms with Gasteiger partial charge in [-0.25, -0.2) is 4.98 Å². The van der Waals surface area contributed by atoms with Crippen LogP contribution in [0.3, 0.4) is 0 Å². The molecule has 0 unspecified atom stereocenters. The Morgan fingerprint density at radius 2 is 1.96 bits per heavy atom. The van der Waals surface area contributed by atoms with E-state index in [4.69, 9.17) is 4.74 Å². The highest BCUT2D eigenvalue weighted by Gasteiger charge is 2.13. The lowest BCUT2D eigenvalue weighted by Gasteiger charge is -2.26. The average molecular weight is 369 g/mol. The van der Waals surface area contributed by atoms with Crippen LogP contribution in [0.15, 0.2) is 41.5 Å². The standard InChI is InChI=1S/C19H23N5O3/c25-17(20-7-10-22-11-13-27-14-12-22)5-9-24-18-15(3-1-6-21-18)23-8-2-4-16(23)19(24)26/h1-4,6,8H,5,7,9-14H2,(H,20,25). The number of amides is 1. The quantitative estimate of drug-likeness (QED) is 0.684. The van der Waals surface area contributed by atoms with E-state index in [-0.39, 0.29) is 17.9 Å². The van der Waals surface area contributed by atoms with E-state index in [9.17, 15) is 9.59 Å². The lowest BCUT2D eigenvalue weighted by molar-refractivity contribution is -0.121. The van der Waals surface area contributed by atoms with Crippen LogP contribution < -0.4 is 10.9 Å². The third-order valence-electron chi connectivity index (χ3n) is 4.91. The van der Waals surface area contributed by atoms with Crippen LogP contribution in [0.2, 0.25) is 0 Å². The second kappa shape index (κ2) is 7.89. The van der Waals surface area contributed by atoms with Gasteiger partial charge in [0, 0.05) is 51.5 Å². The molecule has 1 N–H and O–H groups in total. The van der Waals surface area contributed by atoms with E-state index < -0.39 is 0 Å². The molecular formula is C19H23N5O3. The van der Waals surface area contributed by atoms with Crippen LogP contribution in [0.25, 0.3) is 16.7 Å². The van der Waals surface area contributed by atoms with E-state index in [1.165, 1.54) is 0 Å². The van der Waals surface area contributed by atoms with Crippen LogP contribution in [-0.2, 0) is 16.1 Å². The first kappa shape index (κ1) is 17.7. The molecule has 8 nitrogen and oxygen atoms in total. The minimum atomic E-state index is -0.132. The van der Waals surface area contributed by atoms with Crippen molar-refractivity contribution in [3.05, 3.63) is 47.0 Å². The van der Waals surface area contributed by atoms with Gasteiger partial charge in [-0.1, -0.05) is 0 Å². The number of rotatable bonds is 6. The van der Waals surface area contributed by atoms with E-state index in [2.05, 4.69) is 15.2 Å². The molecule has 1 aliphatic heterocycles. The van der Waals surface area contributed by atoms with Crippen molar-refractivity contribution in [3.8, 4) is 0 Å². The number of fused-ring (bicyclic) bond motifs is 3. The fourth-order valence-corrected chi connectivity index (χ4v) is 3.47. The predicted octanol–water partition coefficient (Wildman–Crippen LogP) is 0.488. The number of aryl methyl sites for hydroxylation is 1. The second-order valence-corrected chi connectivity index (χ2v) is 6.62. The second-order valence-electron chi connectivity index (χ2n) is 6.62. The molecule has 0 bridgehead atoms. The SMILES string of the molecule is O=C(CCn1c(=O)c2cccn2c2cccnc21)NCCN1CCOCC1. The van der Waals surface area contributed by atoms with Crippen molar-refractivity contribution in [2.24, 2.45) is 0 Å². The minimum absolute atomic E-state index is 0.0607. The average Bonchev–Trinajstić information content (AvgIpc) is 3.19. The zero-order chi connectivity index (χ0) is 18.6. The summed E-state index contributed by atoms with van der Waals surface area (Å²) in [6, 6.07) is 7.39. The number of aromatic nitrogens is 3. The van der Waals surface area contributed by atoms with Crippen LogP contribution in [-0.4, -0.2) is 64.2 Å². The van der Waals surface area contributed by atoms with E-state index in [1.807, 2.05) is 28.8 Å². The summed E-state index contributed by atoms with van der Waals surface area (Å²) >= 11 is 0. The molecule has 1 amide bonds. The number of hydrogen-bond donors (Lipinski definition) is 1. The third-order valence-corrected chi connectivity index (χ3v) is 4.91. The molecule has 0 aromatic carbocycles. The lowest BCUT2D eigenvalue weighted by Crippen LogP contribution is -2.41. The highest BCUT2D eigenvalue weighted by Crippen LogP contribution is 2.13. The predicted molar refractivity (Wildman–Crippen MR) is 102 cm³/mol. The largest absolute Gasteiger partial charge is 0.379 e. The summed E-state index contributed by atoms with van der Waals surface area (Å²) in [5.41, 5.74) is 1.90. The van der Waals surface area contributed by atoms with Crippen LogP contribution >= 0.6 is 0 Å². The Morgan fingerprint density at radius 1 is 1.15 bits per heavy atom. The number of hydrogen-bond acceptors (Lipinski definition) is 5. The number of pyridine rings is 1. The third kappa shape index (κ3) is 3.72. The highest BCUT2D eigenvalue weighted by molar-refractivity contribution is 5.77. The summed E-state index contributed by atoms with van der Waals surface area (Å²) in [6.07, 6.45) is 3.75. The Bertz CT molecular complexity index is 1000. The molecule has 1 fully saturated rings. The molecule has 8 heteroatoms. The maximum Gasteiger partial charge on any atom is 0.276 e. The molecule has 1 saturated heterocycles. The van der Waals surface area contributed by atoms with Crippen molar-refractivity contribution in [1.29, 1.82) is 0 Å². The van der Waals surface area contributed by atoms with Gasteiger partial charge in [0.15, 0.2) is 5.65 Å². The summed E-state index contributed by atoms with van der Waals surface area (Å²) in [5, 5.41) is 2.94. The van der Waals surface area contributed by atoms with Crippen LogP contribution in [0.5, 0.6) is 0 Å². The van der Waals surface area contributed by atoms with Gasteiger partial charge in [-0.2, -0.15) is 0 Å². The van der Waals surface area contributed by atoms with Crippen molar-refractivity contribution in [2.45, 2.75) is 13.0 Å². The summed E-state index contributed by atoms with van der Waals surface area (Å²) in [6.45, 7) is 5.02. The molecular weight excluding hydrogens is 346 g/mol. The first-order chi connectivity index (χ1) is 13.2. The molecule has 27 heavy (non-hydrogen) atoms. The van der Waals surface area contributed by atoms with Crippen molar-refractivity contribution in [3.63, 3.8) is 0 Å². The zero-order valence-electron chi connectivity index (χ0n) is 15.1. The van der Waals surface area contributed by atoms with E-state index in [0.717, 1.165) is 38.4 Å². The Labute approximate surface area is 156 Å². The number of nitrogens with zero attached hydrogens (tertiary/aromatic N) is 4. The summed E-state index contributed by atoms with van der Waals surface area (Å²) in [4.78, 5) is 31.6. The molecule has 3 aromatic heterocycles. The van der Waals surface area contributed by atoms with E-state index in [0.29, 0.717) is 24.3 Å².